The summed E-state index contributed by atoms with van der Waals surface area (Å²) in [5.74, 6) is 1.76. The smallest absolute Gasteiger partial charge is 0.230 e. The van der Waals surface area contributed by atoms with Gasteiger partial charge in [0.25, 0.3) is 0 Å². The van der Waals surface area contributed by atoms with Crippen LogP contribution in [0.1, 0.15) is 43.7 Å². The molecule has 0 saturated carbocycles. The molecular formula is C23H28N8. The highest BCUT2D eigenvalue weighted by molar-refractivity contribution is 5.84. The molecule has 8 nitrogen and oxygen atoms in total. The zero-order valence-corrected chi connectivity index (χ0v) is 18.0. The monoisotopic (exact) mass is 416 g/mol. The summed E-state index contributed by atoms with van der Waals surface area (Å²) >= 11 is 0. The number of nitrogens with one attached hydrogen (secondary N) is 1. The first-order valence-electron chi connectivity index (χ1n) is 10.9. The van der Waals surface area contributed by atoms with Crippen LogP contribution >= 0.6 is 0 Å². The summed E-state index contributed by atoms with van der Waals surface area (Å²) in [6.07, 6.45) is 7.54. The van der Waals surface area contributed by atoms with Gasteiger partial charge in [0.15, 0.2) is 5.65 Å². The van der Waals surface area contributed by atoms with Gasteiger partial charge in [-0.25, -0.2) is 0 Å². The predicted molar refractivity (Wildman–Crippen MR) is 123 cm³/mol. The molecule has 1 fully saturated rings. The molecule has 3 N–H and O–H groups in total. The van der Waals surface area contributed by atoms with Crippen LogP contribution in [0.5, 0.6) is 0 Å². The maximum Gasteiger partial charge on any atom is 0.230 e. The third-order valence-corrected chi connectivity index (χ3v) is 6.04. The van der Waals surface area contributed by atoms with Gasteiger partial charge in [-0.15, -0.1) is 0 Å². The van der Waals surface area contributed by atoms with Gasteiger partial charge in [-0.3, -0.25) is 4.98 Å². The highest BCUT2D eigenvalue weighted by Crippen LogP contribution is 2.25. The number of aromatic nitrogens is 5. The third kappa shape index (κ3) is 3.79. The van der Waals surface area contributed by atoms with E-state index in [1.54, 1.807) is 0 Å². The van der Waals surface area contributed by atoms with Gasteiger partial charge in [-0.05, 0) is 35.8 Å². The Bertz CT molecular complexity index is 1200. The molecule has 1 aliphatic rings. The second kappa shape index (κ2) is 8.11. The first-order valence-corrected chi connectivity index (χ1v) is 10.9. The van der Waals surface area contributed by atoms with Gasteiger partial charge in [0, 0.05) is 49.0 Å². The molecule has 0 spiro atoms. The fourth-order valence-corrected chi connectivity index (χ4v) is 4.15. The van der Waals surface area contributed by atoms with Crippen molar-refractivity contribution < 1.29 is 0 Å². The van der Waals surface area contributed by atoms with Crippen LogP contribution in [0.15, 0.2) is 42.9 Å². The quantitative estimate of drug-likeness (QED) is 0.515. The lowest BCUT2D eigenvalue weighted by molar-refractivity contribution is 0.495. The molecular weight excluding hydrogens is 388 g/mol. The topological polar surface area (TPSA) is 97.3 Å². The third-order valence-electron chi connectivity index (χ3n) is 6.04. The molecule has 0 unspecified atom stereocenters. The van der Waals surface area contributed by atoms with Crippen molar-refractivity contribution in [3.63, 3.8) is 0 Å². The molecule has 4 heterocycles. The minimum absolute atomic E-state index is 0.263. The largest absolute Gasteiger partial charge is 0.350 e. The predicted octanol–water partition coefficient (Wildman–Crippen LogP) is 3.34. The number of anilines is 2. The van der Waals surface area contributed by atoms with Crippen LogP contribution in [0.4, 0.5) is 11.9 Å². The highest BCUT2D eigenvalue weighted by atomic mass is 15.4. The number of hydrogen-bond donors (Lipinski definition) is 2. The van der Waals surface area contributed by atoms with Gasteiger partial charge in [0.1, 0.15) is 0 Å². The van der Waals surface area contributed by atoms with Crippen molar-refractivity contribution in [2.75, 3.05) is 23.3 Å². The molecule has 5 rings (SSSR count). The number of hydrogen-bond acceptors (Lipinski definition) is 7. The van der Waals surface area contributed by atoms with Crippen molar-refractivity contribution in [1.29, 1.82) is 0 Å². The summed E-state index contributed by atoms with van der Waals surface area (Å²) in [5.41, 5.74) is 9.25. The lowest BCUT2D eigenvalue weighted by Gasteiger charge is -2.30. The molecule has 1 aliphatic heterocycles. The number of fused-ring (bicyclic) bond motifs is 2. The highest BCUT2D eigenvalue weighted by Gasteiger charge is 2.22. The number of piperidine rings is 1. The number of rotatable bonds is 5. The van der Waals surface area contributed by atoms with E-state index in [0.29, 0.717) is 18.4 Å². The van der Waals surface area contributed by atoms with Crippen molar-refractivity contribution >= 4 is 28.3 Å². The molecule has 160 valence electrons. The Kier molecular flexibility index (Phi) is 5.15. The van der Waals surface area contributed by atoms with Crippen LogP contribution in [-0.4, -0.2) is 43.7 Å². The summed E-state index contributed by atoms with van der Waals surface area (Å²) < 4.78 is 1.82. The van der Waals surface area contributed by atoms with Gasteiger partial charge in [0.05, 0.1) is 6.20 Å². The molecule has 1 aromatic carbocycles. The molecule has 3 aromatic heterocycles. The number of nitrogens with zero attached hydrogens (tertiary/aromatic N) is 6. The van der Waals surface area contributed by atoms with Crippen LogP contribution in [0.2, 0.25) is 0 Å². The normalized spacial score (nSPS) is 15.3. The zero-order chi connectivity index (χ0) is 21.4. The Balaban J connectivity index is 1.52. The van der Waals surface area contributed by atoms with E-state index in [-0.39, 0.29) is 6.04 Å². The summed E-state index contributed by atoms with van der Waals surface area (Å²) in [6.45, 7) is 6.69. The Labute approximate surface area is 181 Å². The van der Waals surface area contributed by atoms with Crippen molar-refractivity contribution in [3.8, 4) is 0 Å². The molecule has 0 amide bonds. The van der Waals surface area contributed by atoms with E-state index in [1.807, 2.05) is 29.2 Å². The molecule has 4 aromatic rings. The number of nitrogens with two attached hydrogens (primary N) is 1. The maximum absolute atomic E-state index is 6.10. The van der Waals surface area contributed by atoms with Crippen molar-refractivity contribution in [3.05, 3.63) is 54.0 Å². The average Bonchev–Trinajstić information content (AvgIpc) is 3.22. The van der Waals surface area contributed by atoms with Gasteiger partial charge in [0.2, 0.25) is 11.9 Å². The minimum atomic E-state index is 0.263. The summed E-state index contributed by atoms with van der Waals surface area (Å²) in [5, 5.41) is 10.4. The van der Waals surface area contributed by atoms with Crippen LogP contribution in [0.3, 0.4) is 0 Å². The van der Waals surface area contributed by atoms with E-state index in [1.165, 1.54) is 10.9 Å². The Morgan fingerprint density at radius 3 is 2.77 bits per heavy atom. The van der Waals surface area contributed by atoms with Crippen LogP contribution in [0, 0.1) is 0 Å². The van der Waals surface area contributed by atoms with Crippen molar-refractivity contribution in [1.82, 2.24) is 24.6 Å². The van der Waals surface area contributed by atoms with E-state index in [4.69, 9.17) is 15.7 Å². The number of pyridine rings is 1. The summed E-state index contributed by atoms with van der Waals surface area (Å²) in [4.78, 5) is 16.3. The first-order chi connectivity index (χ1) is 15.1. The molecule has 0 radical (unpaired) electrons. The first kappa shape index (κ1) is 19.7. The average molecular weight is 417 g/mol. The SMILES string of the molecule is CC(C)c1cnn2c(NCc3cccc4ccncc34)nc(N3CCC(N)CC3)nc12. The van der Waals surface area contributed by atoms with Gasteiger partial charge in [-0.1, -0.05) is 32.0 Å². The van der Waals surface area contributed by atoms with E-state index < -0.39 is 0 Å². The van der Waals surface area contributed by atoms with E-state index in [9.17, 15) is 0 Å². The number of benzene rings is 1. The Morgan fingerprint density at radius 2 is 1.97 bits per heavy atom. The molecule has 0 bridgehead atoms. The molecule has 0 atom stereocenters. The van der Waals surface area contributed by atoms with Crippen LogP contribution in [0.25, 0.3) is 16.4 Å². The molecule has 31 heavy (non-hydrogen) atoms. The molecule has 8 heteroatoms. The Hall–Kier alpha value is -3.26. The van der Waals surface area contributed by atoms with Gasteiger partial charge in [-0.2, -0.15) is 19.6 Å². The van der Waals surface area contributed by atoms with Crippen LogP contribution < -0.4 is 16.0 Å². The summed E-state index contributed by atoms with van der Waals surface area (Å²) in [7, 11) is 0. The van der Waals surface area contributed by atoms with E-state index in [2.05, 4.69) is 52.3 Å². The zero-order valence-electron chi connectivity index (χ0n) is 18.0. The molecule has 1 saturated heterocycles. The molecule has 0 aliphatic carbocycles. The second-order valence-electron chi connectivity index (χ2n) is 8.53. The van der Waals surface area contributed by atoms with E-state index >= 15 is 0 Å². The standard InChI is InChI=1S/C23H28N8/c1-15(2)19-14-27-31-21(19)28-23(30-10-7-18(24)8-11-30)29-22(31)26-12-17-5-3-4-16-6-9-25-13-20(16)17/h3-6,9,13-15,18H,7-8,10-12,24H2,1-2H3,(H,26,28,29). The summed E-state index contributed by atoms with van der Waals surface area (Å²) in [6, 6.07) is 8.58. The van der Waals surface area contributed by atoms with Crippen molar-refractivity contribution in [2.45, 2.75) is 45.2 Å². The lowest BCUT2D eigenvalue weighted by Crippen LogP contribution is -2.40. The fraction of sp³-hybridized carbons (Fsp3) is 0.391. The van der Waals surface area contributed by atoms with Gasteiger partial charge >= 0.3 is 0 Å². The fourth-order valence-electron chi connectivity index (χ4n) is 4.15. The van der Waals surface area contributed by atoms with E-state index in [0.717, 1.165) is 48.5 Å². The minimum Gasteiger partial charge on any atom is -0.350 e. The second-order valence-corrected chi connectivity index (χ2v) is 8.53. The maximum atomic E-state index is 6.10. The van der Waals surface area contributed by atoms with Gasteiger partial charge < -0.3 is 16.0 Å². The van der Waals surface area contributed by atoms with Crippen LogP contribution in [-0.2, 0) is 6.54 Å². The van der Waals surface area contributed by atoms with Crippen molar-refractivity contribution in [2.24, 2.45) is 5.73 Å². The Morgan fingerprint density at radius 1 is 1.13 bits per heavy atom. The lowest BCUT2D eigenvalue weighted by atomic mass is 10.1.